The molecule has 6 heteroatoms. The number of likely N-dealkylation sites (tertiary alicyclic amines) is 1. The highest BCUT2D eigenvalue weighted by Gasteiger charge is 2.33. The lowest BCUT2D eigenvalue weighted by Crippen LogP contribution is -2.50. The standard InChI is InChI=1S/C10H20FN3O2/c1-10(2,6-15)13-4-9(16)14-5-7(11)3-8(14)12/h7-8,13,15H,3-6,12H2,1-2H3/t7-,8-/m0/s1. The lowest BCUT2D eigenvalue weighted by Gasteiger charge is -2.26. The van der Waals surface area contributed by atoms with Gasteiger partial charge in [-0.05, 0) is 13.8 Å². The lowest BCUT2D eigenvalue weighted by atomic mass is 10.1. The molecule has 94 valence electrons. The first-order chi connectivity index (χ1) is 7.35. The van der Waals surface area contributed by atoms with Gasteiger partial charge < -0.3 is 21.1 Å². The number of nitrogens with zero attached hydrogens (tertiary/aromatic N) is 1. The van der Waals surface area contributed by atoms with Crippen LogP contribution in [-0.4, -0.2) is 53.5 Å². The van der Waals surface area contributed by atoms with E-state index in [4.69, 9.17) is 10.8 Å². The quantitative estimate of drug-likeness (QED) is 0.594. The van der Waals surface area contributed by atoms with E-state index < -0.39 is 17.9 Å². The molecule has 5 nitrogen and oxygen atoms in total. The Hall–Kier alpha value is -0.720. The average molecular weight is 233 g/mol. The van der Waals surface area contributed by atoms with Crippen LogP contribution in [0.5, 0.6) is 0 Å². The smallest absolute Gasteiger partial charge is 0.237 e. The Labute approximate surface area is 94.8 Å². The summed E-state index contributed by atoms with van der Waals surface area (Å²) in [5.41, 5.74) is 5.11. The van der Waals surface area contributed by atoms with Gasteiger partial charge in [-0.3, -0.25) is 4.79 Å². The van der Waals surface area contributed by atoms with Gasteiger partial charge in [0.05, 0.1) is 25.9 Å². The van der Waals surface area contributed by atoms with Crippen LogP contribution in [0, 0.1) is 0 Å². The summed E-state index contributed by atoms with van der Waals surface area (Å²) in [6, 6.07) is 0. The number of nitrogens with two attached hydrogens (primary N) is 1. The zero-order valence-corrected chi connectivity index (χ0v) is 9.74. The average Bonchev–Trinajstić information content (AvgIpc) is 2.54. The molecular formula is C10H20FN3O2. The number of hydrogen-bond donors (Lipinski definition) is 3. The van der Waals surface area contributed by atoms with Gasteiger partial charge in [-0.25, -0.2) is 4.39 Å². The van der Waals surface area contributed by atoms with E-state index in [1.54, 1.807) is 13.8 Å². The molecule has 1 fully saturated rings. The number of amides is 1. The highest BCUT2D eigenvalue weighted by atomic mass is 19.1. The van der Waals surface area contributed by atoms with Crippen molar-refractivity contribution in [3.63, 3.8) is 0 Å². The topological polar surface area (TPSA) is 78.6 Å². The highest BCUT2D eigenvalue weighted by molar-refractivity contribution is 5.79. The highest BCUT2D eigenvalue weighted by Crippen LogP contribution is 2.16. The minimum Gasteiger partial charge on any atom is -0.394 e. The first-order valence-electron chi connectivity index (χ1n) is 5.41. The van der Waals surface area contributed by atoms with E-state index in [0.717, 1.165) is 0 Å². The van der Waals surface area contributed by atoms with E-state index in [2.05, 4.69) is 5.32 Å². The van der Waals surface area contributed by atoms with Crippen molar-refractivity contribution in [3.05, 3.63) is 0 Å². The predicted molar refractivity (Wildman–Crippen MR) is 58.4 cm³/mol. The fourth-order valence-corrected chi connectivity index (χ4v) is 1.57. The summed E-state index contributed by atoms with van der Waals surface area (Å²) in [6.45, 7) is 3.62. The molecule has 0 radical (unpaired) electrons. The largest absolute Gasteiger partial charge is 0.394 e. The maximum Gasteiger partial charge on any atom is 0.237 e. The van der Waals surface area contributed by atoms with E-state index in [-0.39, 0.29) is 32.0 Å². The van der Waals surface area contributed by atoms with Gasteiger partial charge in [0, 0.05) is 12.0 Å². The van der Waals surface area contributed by atoms with Crippen LogP contribution in [0.1, 0.15) is 20.3 Å². The number of rotatable bonds is 4. The summed E-state index contributed by atoms with van der Waals surface area (Å²) in [5, 5.41) is 11.9. The molecule has 0 unspecified atom stereocenters. The zero-order chi connectivity index (χ0) is 12.3. The molecule has 0 aliphatic carbocycles. The van der Waals surface area contributed by atoms with E-state index >= 15 is 0 Å². The SMILES string of the molecule is CC(C)(CO)NCC(=O)N1C[C@@H](F)C[C@H]1N. The molecule has 2 atom stereocenters. The fourth-order valence-electron chi connectivity index (χ4n) is 1.57. The predicted octanol–water partition coefficient (Wildman–Crippen LogP) is -0.798. The van der Waals surface area contributed by atoms with Crippen LogP contribution in [-0.2, 0) is 4.79 Å². The molecule has 0 aromatic rings. The molecule has 0 aromatic carbocycles. The maximum absolute atomic E-state index is 13.0. The van der Waals surface area contributed by atoms with Crippen LogP contribution >= 0.6 is 0 Å². The second-order valence-electron chi connectivity index (χ2n) is 4.84. The van der Waals surface area contributed by atoms with Crippen LogP contribution in [0.4, 0.5) is 4.39 Å². The second-order valence-corrected chi connectivity index (χ2v) is 4.84. The Morgan fingerprint density at radius 3 is 2.75 bits per heavy atom. The molecule has 1 aliphatic heterocycles. The van der Waals surface area contributed by atoms with Crippen molar-refractivity contribution in [3.8, 4) is 0 Å². The molecule has 16 heavy (non-hydrogen) atoms. The van der Waals surface area contributed by atoms with Gasteiger partial charge in [0.25, 0.3) is 0 Å². The van der Waals surface area contributed by atoms with E-state index in [9.17, 15) is 9.18 Å². The van der Waals surface area contributed by atoms with Gasteiger partial charge in [-0.15, -0.1) is 0 Å². The summed E-state index contributed by atoms with van der Waals surface area (Å²) < 4.78 is 13.0. The third kappa shape index (κ3) is 3.40. The maximum atomic E-state index is 13.0. The number of aliphatic hydroxyl groups is 1. The van der Waals surface area contributed by atoms with Gasteiger partial charge in [-0.2, -0.15) is 0 Å². The Morgan fingerprint density at radius 1 is 1.69 bits per heavy atom. The molecule has 1 saturated heterocycles. The molecule has 0 saturated carbocycles. The number of alkyl halides is 1. The van der Waals surface area contributed by atoms with Crippen molar-refractivity contribution in [2.45, 2.75) is 38.1 Å². The zero-order valence-electron chi connectivity index (χ0n) is 9.74. The van der Waals surface area contributed by atoms with Gasteiger partial charge >= 0.3 is 0 Å². The van der Waals surface area contributed by atoms with Crippen LogP contribution in [0.2, 0.25) is 0 Å². The van der Waals surface area contributed by atoms with Crippen molar-refractivity contribution >= 4 is 5.91 Å². The molecule has 0 aromatic heterocycles. The third-order valence-electron chi connectivity index (χ3n) is 2.73. The van der Waals surface area contributed by atoms with Crippen molar-refractivity contribution in [1.29, 1.82) is 0 Å². The van der Waals surface area contributed by atoms with E-state index in [1.807, 2.05) is 0 Å². The minimum absolute atomic E-state index is 0.0635. The molecule has 4 N–H and O–H groups in total. The van der Waals surface area contributed by atoms with E-state index in [0.29, 0.717) is 0 Å². The Balaban J connectivity index is 2.41. The molecule has 1 aliphatic rings. The van der Waals surface area contributed by atoms with Crippen molar-refractivity contribution in [1.82, 2.24) is 10.2 Å². The van der Waals surface area contributed by atoms with Crippen LogP contribution in [0.3, 0.4) is 0 Å². The van der Waals surface area contributed by atoms with Crippen LogP contribution in [0.25, 0.3) is 0 Å². The molecule has 1 rings (SSSR count). The van der Waals surface area contributed by atoms with Gasteiger partial charge in [0.2, 0.25) is 5.91 Å². The molecule has 1 heterocycles. The van der Waals surface area contributed by atoms with Crippen LogP contribution < -0.4 is 11.1 Å². The number of carbonyl (C=O) groups excluding carboxylic acids is 1. The molecule has 0 bridgehead atoms. The summed E-state index contributed by atoms with van der Waals surface area (Å²) in [6.07, 6.45) is -1.35. The Bertz CT molecular complexity index is 260. The van der Waals surface area contributed by atoms with Crippen molar-refractivity contribution in [2.75, 3.05) is 19.7 Å². The summed E-state index contributed by atoms with van der Waals surface area (Å²) in [7, 11) is 0. The summed E-state index contributed by atoms with van der Waals surface area (Å²) in [5.74, 6) is -0.228. The Morgan fingerprint density at radius 2 is 2.31 bits per heavy atom. The van der Waals surface area contributed by atoms with Gasteiger partial charge in [0.1, 0.15) is 6.17 Å². The van der Waals surface area contributed by atoms with Gasteiger partial charge in [-0.1, -0.05) is 0 Å². The number of carbonyl (C=O) groups is 1. The fraction of sp³-hybridized carbons (Fsp3) is 0.900. The molecule has 0 spiro atoms. The van der Waals surface area contributed by atoms with Crippen LogP contribution in [0.15, 0.2) is 0 Å². The summed E-state index contributed by atoms with van der Waals surface area (Å²) in [4.78, 5) is 13.0. The first kappa shape index (κ1) is 13.3. The number of hydrogen-bond acceptors (Lipinski definition) is 4. The first-order valence-corrected chi connectivity index (χ1v) is 5.41. The van der Waals surface area contributed by atoms with E-state index in [1.165, 1.54) is 4.90 Å². The monoisotopic (exact) mass is 233 g/mol. The lowest BCUT2D eigenvalue weighted by molar-refractivity contribution is -0.131. The number of aliphatic hydroxyl groups excluding tert-OH is 1. The number of halogens is 1. The van der Waals surface area contributed by atoms with Crippen molar-refractivity contribution < 1.29 is 14.3 Å². The molecular weight excluding hydrogens is 213 g/mol. The van der Waals surface area contributed by atoms with Gasteiger partial charge in [0.15, 0.2) is 0 Å². The second kappa shape index (κ2) is 5.07. The normalized spacial score (nSPS) is 26.2. The molecule has 1 amide bonds. The summed E-state index contributed by atoms with van der Waals surface area (Å²) >= 11 is 0. The third-order valence-corrected chi connectivity index (χ3v) is 2.73. The Kier molecular flexibility index (Phi) is 4.23. The minimum atomic E-state index is -1.02. The number of nitrogens with one attached hydrogen (secondary N) is 1. The van der Waals surface area contributed by atoms with Crippen molar-refractivity contribution in [2.24, 2.45) is 5.73 Å².